The Kier molecular flexibility index (Phi) is 6.16. The fourth-order valence-corrected chi connectivity index (χ4v) is 2.69. The lowest BCUT2D eigenvalue weighted by atomic mass is 10.2. The molecule has 24 heavy (non-hydrogen) atoms. The molecule has 0 saturated heterocycles. The molecule has 0 fully saturated rings. The molecule has 2 aromatic carbocycles. The predicted octanol–water partition coefficient (Wildman–Crippen LogP) is 3.71. The Bertz CT molecular complexity index is 787. The zero-order valence-corrected chi connectivity index (χ0v) is 14.1. The Morgan fingerprint density at radius 1 is 1.12 bits per heavy atom. The van der Waals surface area contributed by atoms with Gasteiger partial charge in [-0.1, -0.05) is 11.6 Å². The molecule has 2 amide bonds. The molecule has 2 rings (SSSR count). The second-order valence-corrected chi connectivity index (χ2v) is 6.14. The van der Waals surface area contributed by atoms with Gasteiger partial charge in [-0.05, 0) is 36.4 Å². The Morgan fingerprint density at radius 3 is 2.54 bits per heavy atom. The van der Waals surface area contributed by atoms with E-state index < -0.39 is 11.6 Å². The van der Waals surface area contributed by atoms with Crippen LogP contribution in [0.2, 0.25) is 5.02 Å². The Morgan fingerprint density at radius 2 is 1.88 bits per heavy atom. The van der Waals surface area contributed by atoms with Crippen LogP contribution in [0.1, 0.15) is 10.4 Å². The van der Waals surface area contributed by atoms with Crippen LogP contribution in [0.4, 0.5) is 14.5 Å². The average Bonchev–Trinajstić information content (AvgIpc) is 2.57. The van der Waals surface area contributed by atoms with Crippen LogP contribution in [0.15, 0.2) is 41.3 Å². The molecule has 0 aliphatic carbocycles. The third-order valence-corrected chi connectivity index (χ3v) is 4.31. The van der Waals surface area contributed by atoms with Gasteiger partial charge < -0.3 is 10.6 Å². The normalized spacial score (nSPS) is 10.3. The van der Waals surface area contributed by atoms with E-state index in [1.54, 1.807) is 0 Å². The molecule has 0 unspecified atom stereocenters. The lowest BCUT2D eigenvalue weighted by molar-refractivity contribution is -0.113. The number of carbonyl (C=O) groups is 2. The summed E-state index contributed by atoms with van der Waals surface area (Å²) in [5.74, 6) is -2.63. The van der Waals surface area contributed by atoms with Crippen molar-refractivity contribution in [3.8, 4) is 0 Å². The highest BCUT2D eigenvalue weighted by atomic mass is 35.5. The van der Waals surface area contributed by atoms with Crippen LogP contribution < -0.4 is 10.6 Å². The first-order chi connectivity index (χ1) is 11.4. The molecule has 0 spiro atoms. The summed E-state index contributed by atoms with van der Waals surface area (Å²) in [5, 5.41) is 5.34. The molecule has 0 bridgehead atoms. The van der Waals surface area contributed by atoms with Crippen LogP contribution in [-0.2, 0) is 4.79 Å². The number of anilines is 1. The van der Waals surface area contributed by atoms with E-state index in [0.717, 1.165) is 23.9 Å². The first-order valence-corrected chi connectivity index (χ1v) is 8.16. The second kappa shape index (κ2) is 8.12. The van der Waals surface area contributed by atoms with Crippen LogP contribution in [0.5, 0.6) is 0 Å². The summed E-state index contributed by atoms with van der Waals surface area (Å²) in [6.45, 7) is 0. The summed E-state index contributed by atoms with van der Waals surface area (Å²) in [6, 6.07) is 7.90. The molecular formula is C16H13ClF2N2O2S. The van der Waals surface area contributed by atoms with Gasteiger partial charge in [-0.3, -0.25) is 9.59 Å². The molecule has 2 aromatic rings. The predicted molar refractivity (Wildman–Crippen MR) is 90.6 cm³/mol. The van der Waals surface area contributed by atoms with Crippen molar-refractivity contribution >= 4 is 40.9 Å². The largest absolute Gasteiger partial charge is 0.355 e. The van der Waals surface area contributed by atoms with Gasteiger partial charge in [-0.25, -0.2) is 8.78 Å². The van der Waals surface area contributed by atoms with E-state index in [4.69, 9.17) is 11.6 Å². The first-order valence-electron chi connectivity index (χ1n) is 6.80. The van der Waals surface area contributed by atoms with Crippen LogP contribution in [0.3, 0.4) is 0 Å². The molecular weight excluding hydrogens is 358 g/mol. The average molecular weight is 371 g/mol. The van der Waals surface area contributed by atoms with Crippen molar-refractivity contribution < 1.29 is 18.4 Å². The second-order valence-electron chi connectivity index (χ2n) is 4.69. The van der Waals surface area contributed by atoms with Gasteiger partial charge in [0, 0.05) is 17.5 Å². The van der Waals surface area contributed by atoms with E-state index in [2.05, 4.69) is 10.6 Å². The van der Waals surface area contributed by atoms with Gasteiger partial charge in [0.2, 0.25) is 5.91 Å². The van der Waals surface area contributed by atoms with Crippen LogP contribution in [-0.4, -0.2) is 24.6 Å². The fourth-order valence-electron chi connectivity index (χ4n) is 1.81. The maximum Gasteiger partial charge on any atom is 0.251 e. The number of amides is 2. The van der Waals surface area contributed by atoms with Gasteiger partial charge in [0.05, 0.1) is 16.5 Å². The highest BCUT2D eigenvalue weighted by molar-refractivity contribution is 8.00. The summed E-state index contributed by atoms with van der Waals surface area (Å²) in [6.07, 6.45) is 0. The van der Waals surface area contributed by atoms with Gasteiger partial charge in [0.25, 0.3) is 5.91 Å². The molecule has 0 aromatic heterocycles. The quantitative estimate of drug-likeness (QED) is 0.789. The van der Waals surface area contributed by atoms with Crippen LogP contribution >= 0.6 is 23.4 Å². The zero-order chi connectivity index (χ0) is 17.7. The molecule has 4 nitrogen and oxygen atoms in total. The third-order valence-electron chi connectivity index (χ3n) is 2.99. The number of thioether (sulfide) groups is 1. The van der Waals surface area contributed by atoms with Gasteiger partial charge in [0.1, 0.15) is 0 Å². The number of carbonyl (C=O) groups excluding carboxylic acids is 2. The van der Waals surface area contributed by atoms with Crippen LogP contribution in [0, 0.1) is 11.6 Å². The fraction of sp³-hybridized carbons (Fsp3) is 0.125. The summed E-state index contributed by atoms with van der Waals surface area (Å²) in [4.78, 5) is 24.0. The number of hydrogen-bond donors (Lipinski definition) is 2. The van der Waals surface area contributed by atoms with E-state index >= 15 is 0 Å². The summed E-state index contributed by atoms with van der Waals surface area (Å²) in [7, 11) is 1.49. The summed E-state index contributed by atoms with van der Waals surface area (Å²) >= 11 is 7.05. The van der Waals surface area contributed by atoms with Gasteiger partial charge in [0.15, 0.2) is 11.6 Å². The van der Waals surface area contributed by atoms with Crippen molar-refractivity contribution in [2.75, 3.05) is 18.1 Å². The minimum Gasteiger partial charge on any atom is -0.355 e. The van der Waals surface area contributed by atoms with Crippen molar-refractivity contribution in [1.29, 1.82) is 0 Å². The Hall–Kier alpha value is -2.12. The van der Waals surface area contributed by atoms with Crippen molar-refractivity contribution in [1.82, 2.24) is 5.32 Å². The van der Waals surface area contributed by atoms with E-state index in [0.29, 0.717) is 16.1 Å². The van der Waals surface area contributed by atoms with Crippen molar-refractivity contribution in [3.05, 3.63) is 58.6 Å². The van der Waals surface area contributed by atoms with E-state index in [1.807, 2.05) is 0 Å². The molecule has 0 aliphatic heterocycles. The topological polar surface area (TPSA) is 58.2 Å². The number of rotatable bonds is 5. The van der Waals surface area contributed by atoms with Crippen molar-refractivity contribution in [2.45, 2.75) is 4.90 Å². The molecule has 126 valence electrons. The maximum atomic E-state index is 13.1. The van der Waals surface area contributed by atoms with Gasteiger partial charge in [-0.2, -0.15) is 0 Å². The Balaban J connectivity index is 2.01. The minimum absolute atomic E-state index is 0.0222. The lowest BCUT2D eigenvalue weighted by Crippen LogP contribution is -2.19. The number of hydrogen-bond acceptors (Lipinski definition) is 3. The molecule has 0 aliphatic rings. The highest BCUT2D eigenvalue weighted by Gasteiger charge is 2.11. The minimum atomic E-state index is -0.971. The van der Waals surface area contributed by atoms with E-state index in [-0.39, 0.29) is 22.6 Å². The van der Waals surface area contributed by atoms with Crippen LogP contribution in [0.25, 0.3) is 0 Å². The maximum absolute atomic E-state index is 13.1. The lowest BCUT2D eigenvalue weighted by Gasteiger charge is -2.09. The Labute approximate surface area is 146 Å². The first kappa shape index (κ1) is 18.2. The molecule has 0 heterocycles. The monoisotopic (exact) mass is 370 g/mol. The van der Waals surface area contributed by atoms with E-state index in [1.165, 1.54) is 31.3 Å². The molecule has 0 atom stereocenters. The smallest absolute Gasteiger partial charge is 0.251 e. The van der Waals surface area contributed by atoms with Crippen molar-refractivity contribution in [3.63, 3.8) is 0 Å². The van der Waals surface area contributed by atoms with Crippen molar-refractivity contribution in [2.24, 2.45) is 0 Å². The standard InChI is InChI=1S/C16H13ClF2N2O2S/c1-20-16(23)9-2-4-11(17)14(6-9)21-15(22)8-24-10-3-5-12(18)13(19)7-10/h2-7H,8H2,1H3,(H,20,23)(H,21,22). The molecule has 0 saturated carbocycles. The molecule has 2 N–H and O–H groups in total. The summed E-state index contributed by atoms with van der Waals surface area (Å²) < 4.78 is 26.0. The summed E-state index contributed by atoms with van der Waals surface area (Å²) in [5.41, 5.74) is 0.652. The van der Waals surface area contributed by atoms with E-state index in [9.17, 15) is 18.4 Å². The SMILES string of the molecule is CNC(=O)c1ccc(Cl)c(NC(=O)CSc2ccc(F)c(F)c2)c1. The molecule has 0 radical (unpaired) electrons. The third kappa shape index (κ3) is 4.69. The highest BCUT2D eigenvalue weighted by Crippen LogP contribution is 2.25. The molecule has 8 heteroatoms. The zero-order valence-electron chi connectivity index (χ0n) is 12.5. The number of benzene rings is 2. The number of nitrogens with one attached hydrogen (secondary N) is 2. The van der Waals surface area contributed by atoms with Gasteiger partial charge in [-0.15, -0.1) is 11.8 Å². The number of halogens is 3. The van der Waals surface area contributed by atoms with Gasteiger partial charge >= 0.3 is 0 Å².